The summed E-state index contributed by atoms with van der Waals surface area (Å²) in [5, 5.41) is 0.462. The van der Waals surface area contributed by atoms with Crippen LogP contribution in [-0.4, -0.2) is 9.55 Å². The molecule has 0 aliphatic heterocycles. The highest BCUT2D eigenvalue weighted by Crippen LogP contribution is 2.20. The molecule has 0 unspecified atom stereocenters. The van der Waals surface area contributed by atoms with Gasteiger partial charge in [-0.2, -0.15) is 0 Å². The molecule has 0 fully saturated rings. The van der Waals surface area contributed by atoms with Crippen molar-refractivity contribution in [1.82, 2.24) is 9.55 Å². The van der Waals surface area contributed by atoms with Crippen LogP contribution in [0.4, 0.5) is 0 Å². The SMILES string of the molecule is ClCc1c(Cl)ncn1-c1ccccc1. The second-order valence-corrected chi connectivity index (χ2v) is 3.45. The van der Waals surface area contributed by atoms with Gasteiger partial charge >= 0.3 is 0 Å². The molecular weight excluding hydrogens is 219 g/mol. The molecule has 1 aromatic carbocycles. The first-order valence-electron chi connectivity index (χ1n) is 4.16. The molecule has 2 rings (SSSR count). The van der Waals surface area contributed by atoms with Crippen LogP contribution in [0, 0.1) is 0 Å². The molecule has 1 heterocycles. The van der Waals surface area contributed by atoms with Gasteiger partial charge in [0, 0.05) is 5.69 Å². The van der Waals surface area contributed by atoms with Gasteiger partial charge in [0.1, 0.15) is 6.33 Å². The molecule has 0 radical (unpaired) electrons. The number of para-hydroxylation sites is 1. The standard InChI is InChI=1S/C10H8Cl2N2/c11-6-9-10(12)13-7-14(9)8-4-2-1-3-5-8/h1-5,7H,6H2. The maximum Gasteiger partial charge on any atom is 0.151 e. The predicted octanol–water partition coefficient (Wildman–Crippen LogP) is 3.26. The first-order valence-corrected chi connectivity index (χ1v) is 5.07. The van der Waals surface area contributed by atoms with Gasteiger partial charge in [0.05, 0.1) is 11.6 Å². The lowest BCUT2D eigenvalue weighted by molar-refractivity contribution is 0.992. The molecule has 1 aromatic heterocycles. The number of imidazole rings is 1. The van der Waals surface area contributed by atoms with Gasteiger partial charge in [-0.25, -0.2) is 4.98 Å². The number of nitrogens with zero attached hydrogens (tertiary/aromatic N) is 2. The van der Waals surface area contributed by atoms with E-state index in [0.717, 1.165) is 11.4 Å². The quantitative estimate of drug-likeness (QED) is 0.720. The van der Waals surface area contributed by atoms with Gasteiger partial charge in [0.25, 0.3) is 0 Å². The highest BCUT2D eigenvalue weighted by molar-refractivity contribution is 6.31. The molecule has 2 aromatic rings. The number of aromatic nitrogens is 2. The highest BCUT2D eigenvalue weighted by atomic mass is 35.5. The summed E-state index contributed by atoms with van der Waals surface area (Å²) < 4.78 is 1.88. The zero-order valence-electron chi connectivity index (χ0n) is 7.32. The average molecular weight is 227 g/mol. The fourth-order valence-corrected chi connectivity index (χ4v) is 1.81. The lowest BCUT2D eigenvalue weighted by Crippen LogP contribution is -1.96. The van der Waals surface area contributed by atoms with Crippen molar-refractivity contribution >= 4 is 23.2 Å². The van der Waals surface area contributed by atoms with Crippen LogP contribution in [0.3, 0.4) is 0 Å². The minimum atomic E-state index is 0.355. The van der Waals surface area contributed by atoms with Crippen molar-refractivity contribution in [3.05, 3.63) is 47.5 Å². The Morgan fingerprint density at radius 2 is 1.93 bits per heavy atom. The van der Waals surface area contributed by atoms with Crippen LogP contribution in [0.2, 0.25) is 5.15 Å². The molecule has 14 heavy (non-hydrogen) atoms. The molecule has 0 atom stereocenters. The van der Waals surface area contributed by atoms with Gasteiger partial charge in [-0.1, -0.05) is 29.8 Å². The molecule has 0 spiro atoms. The predicted molar refractivity (Wildman–Crippen MR) is 58.1 cm³/mol. The van der Waals surface area contributed by atoms with Gasteiger partial charge < -0.3 is 4.57 Å². The second-order valence-electron chi connectivity index (χ2n) is 2.82. The zero-order valence-corrected chi connectivity index (χ0v) is 8.83. The van der Waals surface area contributed by atoms with Gasteiger partial charge in [-0.15, -0.1) is 11.6 Å². The van der Waals surface area contributed by atoms with E-state index in [0.29, 0.717) is 11.0 Å². The van der Waals surface area contributed by atoms with E-state index in [1.165, 1.54) is 0 Å². The van der Waals surface area contributed by atoms with E-state index < -0.39 is 0 Å². The summed E-state index contributed by atoms with van der Waals surface area (Å²) in [5.74, 6) is 0.355. The summed E-state index contributed by atoms with van der Waals surface area (Å²) in [4.78, 5) is 4.01. The third-order valence-electron chi connectivity index (χ3n) is 1.98. The van der Waals surface area contributed by atoms with Gasteiger partial charge in [-0.05, 0) is 12.1 Å². The maximum atomic E-state index is 5.88. The summed E-state index contributed by atoms with van der Waals surface area (Å²) in [6.45, 7) is 0. The van der Waals surface area contributed by atoms with Crippen molar-refractivity contribution in [2.75, 3.05) is 0 Å². The monoisotopic (exact) mass is 226 g/mol. The Kier molecular flexibility index (Phi) is 2.75. The third-order valence-corrected chi connectivity index (χ3v) is 2.55. The van der Waals surface area contributed by atoms with Crippen molar-refractivity contribution in [2.24, 2.45) is 0 Å². The minimum Gasteiger partial charge on any atom is -0.300 e. The van der Waals surface area contributed by atoms with Crippen molar-refractivity contribution in [2.45, 2.75) is 5.88 Å². The molecule has 0 bridgehead atoms. The molecule has 0 aliphatic carbocycles. The maximum absolute atomic E-state index is 5.88. The van der Waals surface area contributed by atoms with E-state index >= 15 is 0 Å². The lowest BCUT2D eigenvalue weighted by atomic mass is 10.3. The Morgan fingerprint density at radius 1 is 1.21 bits per heavy atom. The summed E-state index contributed by atoms with van der Waals surface area (Å²) in [5.41, 5.74) is 1.84. The zero-order chi connectivity index (χ0) is 9.97. The Hall–Kier alpha value is -0.990. The summed E-state index contributed by atoms with van der Waals surface area (Å²) >= 11 is 11.7. The first-order chi connectivity index (χ1) is 6.83. The van der Waals surface area contributed by atoms with Crippen molar-refractivity contribution in [3.63, 3.8) is 0 Å². The Balaban J connectivity index is 2.52. The highest BCUT2D eigenvalue weighted by Gasteiger charge is 2.08. The van der Waals surface area contributed by atoms with E-state index in [-0.39, 0.29) is 0 Å². The minimum absolute atomic E-state index is 0.355. The average Bonchev–Trinajstić information content (AvgIpc) is 2.61. The van der Waals surface area contributed by atoms with Crippen LogP contribution in [0.1, 0.15) is 5.69 Å². The topological polar surface area (TPSA) is 17.8 Å². The normalized spacial score (nSPS) is 10.4. The van der Waals surface area contributed by atoms with Crippen LogP contribution in [0.15, 0.2) is 36.7 Å². The fourth-order valence-electron chi connectivity index (χ4n) is 1.28. The van der Waals surface area contributed by atoms with Gasteiger partial charge in [0.2, 0.25) is 0 Å². The van der Waals surface area contributed by atoms with E-state index in [2.05, 4.69) is 4.98 Å². The van der Waals surface area contributed by atoms with Crippen molar-refractivity contribution in [3.8, 4) is 5.69 Å². The number of benzene rings is 1. The van der Waals surface area contributed by atoms with Gasteiger partial charge in [0.15, 0.2) is 5.15 Å². The fraction of sp³-hybridized carbons (Fsp3) is 0.100. The third kappa shape index (κ3) is 1.63. The second kappa shape index (κ2) is 4.03. The molecule has 2 nitrogen and oxygen atoms in total. The number of rotatable bonds is 2. The number of halogens is 2. The van der Waals surface area contributed by atoms with Crippen LogP contribution in [0.5, 0.6) is 0 Å². The molecule has 4 heteroatoms. The molecule has 0 N–H and O–H groups in total. The molecular formula is C10H8Cl2N2. The number of hydrogen-bond acceptors (Lipinski definition) is 1. The van der Waals surface area contributed by atoms with Crippen molar-refractivity contribution < 1.29 is 0 Å². The van der Waals surface area contributed by atoms with Crippen molar-refractivity contribution in [1.29, 1.82) is 0 Å². The molecule has 72 valence electrons. The van der Waals surface area contributed by atoms with Crippen LogP contribution in [-0.2, 0) is 5.88 Å². The van der Waals surface area contributed by atoms with Crippen LogP contribution in [0.25, 0.3) is 5.69 Å². The number of alkyl halides is 1. The van der Waals surface area contributed by atoms with E-state index in [9.17, 15) is 0 Å². The lowest BCUT2D eigenvalue weighted by Gasteiger charge is -2.05. The summed E-state index contributed by atoms with van der Waals surface area (Å²) in [6.07, 6.45) is 1.68. The van der Waals surface area contributed by atoms with Gasteiger partial charge in [-0.3, -0.25) is 0 Å². The van der Waals surface area contributed by atoms with Crippen LogP contribution < -0.4 is 0 Å². The Bertz CT molecular complexity index is 423. The largest absolute Gasteiger partial charge is 0.300 e. The molecule has 0 saturated heterocycles. The van der Waals surface area contributed by atoms with E-state index in [1.54, 1.807) is 6.33 Å². The first kappa shape index (κ1) is 9.56. The molecule has 0 amide bonds. The number of hydrogen-bond donors (Lipinski definition) is 0. The van der Waals surface area contributed by atoms with Crippen LogP contribution >= 0.6 is 23.2 Å². The summed E-state index contributed by atoms with van der Waals surface area (Å²) in [7, 11) is 0. The Labute approximate surface area is 92.1 Å². The Morgan fingerprint density at radius 3 is 2.57 bits per heavy atom. The van der Waals surface area contributed by atoms with E-state index in [1.807, 2.05) is 34.9 Å². The molecule has 0 saturated carbocycles. The van der Waals surface area contributed by atoms with E-state index in [4.69, 9.17) is 23.2 Å². The summed E-state index contributed by atoms with van der Waals surface area (Å²) in [6, 6.07) is 9.84. The molecule has 0 aliphatic rings. The smallest absolute Gasteiger partial charge is 0.151 e.